The zero-order chi connectivity index (χ0) is 20.1. The van der Waals surface area contributed by atoms with E-state index in [1.54, 1.807) is 0 Å². The molecule has 1 aromatic heterocycles. The van der Waals surface area contributed by atoms with Crippen LogP contribution in [0.3, 0.4) is 0 Å². The van der Waals surface area contributed by atoms with Gasteiger partial charge in [-0.25, -0.2) is 0 Å². The van der Waals surface area contributed by atoms with E-state index in [0.717, 1.165) is 35.2 Å². The summed E-state index contributed by atoms with van der Waals surface area (Å²) in [6.45, 7) is 9.05. The summed E-state index contributed by atoms with van der Waals surface area (Å²) >= 11 is 0. The quantitative estimate of drug-likeness (QED) is 0.660. The Morgan fingerprint density at radius 1 is 1.11 bits per heavy atom. The average Bonchev–Trinajstić information content (AvgIpc) is 3.19. The van der Waals surface area contributed by atoms with Gasteiger partial charge >= 0.3 is 0 Å². The summed E-state index contributed by atoms with van der Waals surface area (Å²) in [4.78, 5) is 16.1. The molecule has 3 N–H and O–H groups in total. The fraction of sp³-hybridized carbons (Fsp3) is 0.391. The van der Waals surface area contributed by atoms with Crippen molar-refractivity contribution in [2.75, 3.05) is 11.1 Å². The zero-order valence-electron chi connectivity index (χ0n) is 16.9. The Hall–Kier alpha value is -2.82. The molecular weight excluding hydrogens is 350 g/mol. The number of nitrogens with two attached hydrogens (primary N) is 1. The number of anilines is 2. The van der Waals surface area contributed by atoms with Crippen LogP contribution in [-0.4, -0.2) is 10.9 Å². The second kappa shape index (κ2) is 6.36. The number of hydrogen-bond donors (Lipinski definition) is 2. The van der Waals surface area contributed by atoms with Crippen molar-refractivity contribution in [2.45, 2.75) is 57.8 Å². The minimum Gasteiger partial charge on any atom is -0.424 e. The molecule has 2 heterocycles. The van der Waals surface area contributed by atoms with Crippen molar-refractivity contribution < 1.29 is 9.21 Å². The van der Waals surface area contributed by atoms with Gasteiger partial charge in [-0.1, -0.05) is 45.9 Å². The first kappa shape index (κ1) is 18.5. The van der Waals surface area contributed by atoms with Gasteiger partial charge in [0, 0.05) is 5.69 Å². The second-order valence-corrected chi connectivity index (χ2v) is 9.06. The van der Waals surface area contributed by atoms with Crippen LogP contribution in [0.2, 0.25) is 0 Å². The maximum atomic E-state index is 11.9. The largest absolute Gasteiger partial charge is 0.424 e. The molecule has 1 amide bonds. The lowest BCUT2D eigenvalue weighted by Gasteiger charge is -2.33. The molecule has 0 aliphatic carbocycles. The molecule has 0 radical (unpaired) electrons. The number of nitrogens with zero attached hydrogens (tertiary/aromatic N) is 1. The Bertz CT molecular complexity index is 1060. The van der Waals surface area contributed by atoms with Gasteiger partial charge in [-0.3, -0.25) is 4.79 Å². The highest BCUT2D eigenvalue weighted by Gasteiger charge is 2.31. The van der Waals surface area contributed by atoms with Crippen LogP contribution in [-0.2, 0) is 22.0 Å². The molecule has 4 rings (SSSR count). The molecule has 146 valence electrons. The molecule has 1 aliphatic rings. The van der Waals surface area contributed by atoms with Crippen molar-refractivity contribution in [1.29, 1.82) is 0 Å². The summed E-state index contributed by atoms with van der Waals surface area (Å²) < 4.78 is 5.39. The third-order valence-corrected chi connectivity index (χ3v) is 6.08. The first-order valence-electron chi connectivity index (χ1n) is 9.74. The normalized spacial score (nSPS) is 14.4. The molecule has 1 aliphatic heterocycles. The number of benzene rings is 2. The molecule has 0 unspecified atom stereocenters. The highest BCUT2D eigenvalue weighted by Crippen LogP contribution is 2.40. The van der Waals surface area contributed by atoms with Crippen LogP contribution >= 0.6 is 0 Å². The fourth-order valence-electron chi connectivity index (χ4n) is 4.15. The standard InChI is InChI=1S/C23H27N3O2/c1-22(2,14-8-9-19-18(12-14)26-21(24)28-19)10-11-23(3,4)16-6-5-7-17-15(16)13-20(27)25-17/h5-9,12H,10-11,13H2,1-4H3,(H2,24,26)(H,25,27). The highest BCUT2D eigenvalue weighted by atomic mass is 16.4. The van der Waals surface area contributed by atoms with Gasteiger partial charge < -0.3 is 15.5 Å². The van der Waals surface area contributed by atoms with Crippen LogP contribution in [0.1, 0.15) is 57.2 Å². The van der Waals surface area contributed by atoms with E-state index in [2.05, 4.69) is 56.2 Å². The molecule has 2 aromatic carbocycles. The molecule has 0 saturated heterocycles. The lowest BCUT2D eigenvalue weighted by Crippen LogP contribution is -2.25. The van der Waals surface area contributed by atoms with Crippen molar-refractivity contribution in [3.8, 4) is 0 Å². The predicted octanol–water partition coefficient (Wildman–Crippen LogP) is 4.94. The highest BCUT2D eigenvalue weighted by molar-refractivity contribution is 5.99. The summed E-state index contributed by atoms with van der Waals surface area (Å²) in [6.07, 6.45) is 2.48. The Balaban J connectivity index is 1.57. The number of nitrogen functional groups attached to an aromatic ring is 1. The van der Waals surface area contributed by atoms with E-state index >= 15 is 0 Å². The van der Waals surface area contributed by atoms with E-state index in [4.69, 9.17) is 10.2 Å². The minimum atomic E-state index is -0.0304. The Labute approximate surface area is 165 Å². The number of nitrogens with one attached hydrogen (secondary N) is 1. The van der Waals surface area contributed by atoms with Crippen molar-refractivity contribution in [3.05, 3.63) is 53.1 Å². The lowest BCUT2D eigenvalue weighted by atomic mass is 9.71. The van der Waals surface area contributed by atoms with Gasteiger partial charge in [0.2, 0.25) is 5.91 Å². The molecule has 28 heavy (non-hydrogen) atoms. The van der Waals surface area contributed by atoms with Gasteiger partial charge in [0.1, 0.15) is 5.52 Å². The maximum absolute atomic E-state index is 11.9. The molecule has 0 bridgehead atoms. The molecule has 0 spiro atoms. The molecule has 0 saturated carbocycles. The van der Waals surface area contributed by atoms with Crippen molar-refractivity contribution in [3.63, 3.8) is 0 Å². The van der Waals surface area contributed by atoms with Gasteiger partial charge in [0.25, 0.3) is 6.01 Å². The van der Waals surface area contributed by atoms with Crippen LogP contribution in [0.4, 0.5) is 11.7 Å². The number of fused-ring (bicyclic) bond motifs is 2. The molecule has 5 heteroatoms. The third kappa shape index (κ3) is 3.26. The number of aromatic nitrogens is 1. The van der Waals surface area contributed by atoms with Gasteiger partial charge in [-0.05, 0) is 58.6 Å². The van der Waals surface area contributed by atoms with E-state index < -0.39 is 0 Å². The van der Waals surface area contributed by atoms with Crippen LogP contribution in [0.5, 0.6) is 0 Å². The second-order valence-electron chi connectivity index (χ2n) is 9.06. The number of rotatable bonds is 5. The van der Waals surface area contributed by atoms with Crippen LogP contribution in [0.25, 0.3) is 11.1 Å². The van der Waals surface area contributed by atoms with E-state index in [0.29, 0.717) is 6.42 Å². The lowest BCUT2D eigenvalue weighted by molar-refractivity contribution is -0.115. The Morgan fingerprint density at radius 2 is 1.86 bits per heavy atom. The topological polar surface area (TPSA) is 81.2 Å². The SMILES string of the molecule is CC(C)(CCC(C)(C)c1cccc2c1CC(=O)N2)c1ccc2oc(N)nc2c1. The van der Waals surface area contributed by atoms with E-state index in [9.17, 15) is 4.79 Å². The Morgan fingerprint density at radius 3 is 2.64 bits per heavy atom. The smallest absolute Gasteiger partial charge is 0.292 e. The van der Waals surface area contributed by atoms with Crippen LogP contribution in [0, 0.1) is 0 Å². The third-order valence-electron chi connectivity index (χ3n) is 6.08. The van der Waals surface area contributed by atoms with Crippen molar-refractivity contribution in [1.82, 2.24) is 4.98 Å². The number of carbonyl (C=O) groups is 1. The fourth-order valence-corrected chi connectivity index (χ4v) is 4.15. The number of carbonyl (C=O) groups excluding carboxylic acids is 1. The zero-order valence-corrected chi connectivity index (χ0v) is 16.9. The molecule has 0 fully saturated rings. The summed E-state index contributed by atoms with van der Waals surface area (Å²) in [5, 5.41) is 2.96. The molecule has 3 aromatic rings. The van der Waals surface area contributed by atoms with Gasteiger partial charge in [0.15, 0.2) is 5.58 Å². The molecule has 5 nitrogen and oxygen atoms in total. The first-order valence-corrected chi connectivity index (χ1v) is 9.74. The van der Waals surface area contributed by atoms with Gasteiger partial charge in [-0.2, -0.15) is 4.98 Å². The predicted molar refractivity (Wildman–Crippen MR) is 112 cm³/mol. The van der Waals surface area contributed by atoms with Crippen molar-refractivity contribution in [2.24, 2.45) is 0 Å². The molecule has 0 atom stereocenters. The van der Waals surface area contributed by atoms with Gasteiger partial charge in [0.05, 0.1) is 6.42 Å². The van der Waals surface area contributed by atoms with Crippen LogP contribution < -0.4 is 11.1 Å². The molecular formula is C23H27N3O2. The van der Waals surface area contributed by atoms with Crippen LogP contribution in [0.15, 0.2) is 40.8 Å². The minimum absolute atomic E-state index is 0.0226. The van der Waals surface area contributed by atoms with Gasteiger partial charge in [-0.15, -0.1) is 0 Å². The first-order chi connectivity index (χ1) is 13.2. The maximum Gasteiger partial charge on any atom is 0.292 e. The summed E-state index contributed by atoms with van der Waals surface area (Å²) in [5.74, 6) is 0.0822. The van der Waals surface area contributed by atoms with Crippen molar-refractivity contribution >= 4 is 28.7 Å². The monoisotopic (exact) mass is 377 g/mol. The Kier molecular flexibility index (Phi) is 4.21. The van der Waals surface area contributed by atoms with E-state index in [1.165, 1.54) is 11.1 Å². The number of oxazole rings is 1. The van der Waals surface area contributed by atoms with E-state index in [1.807, 2.05) is 18.2 Å². The summed E-state index contributed by atoms with van der Waals surface area (Å²) in [5.41, 5.74) is 11.7. The average molecular weight is 377 g/mol. The summed E-state index contributed by atoms with van der Waals surface area (Å²) in [6, 6.07) is 12.5. The summed E-state index contributed by atoms with van der Waals surface area (Å²) in [7, 11) is 0. The van der Waals surface area contributed by atoms with E-state index in [-0.39, 0.29) is 22.8 Å². The number of hydrogen-bond acceptors (Lipinski definition) is 4. The number of amides is 1.